The SMILES string of the molecule is Clc1ccc2c(c1)C(CCC1CCCC1)CN2. The highest BCUT2D eigenvalue weighted by molar-refractivity contribution is 6.30. The lowest BCUT2D eigenvalue weighted by Gasteiger charge is -2.14. The van der Waals surface area contributed by atoms with E-state index in [1.54, 1.807) is 0 Å². The second-order valence-corrected chi connectivity index (χ2v) is 5.97. The molecule has 0 saturated heterocycles. The van der Waals surface area contributed by atoms with E-state index in [1.807, 2.05) is 6.07 Å². The largest absolute Gasteiger partial charge is 0.384 e. The molecule has 1 nitrogen and oxygen atoms in total. The number of anilines is 1. The minimum Gasteiger partial charge on any atom is -0.384 e. The fraction of sp³-hybridized carbons (Fsp3) is 0.600. The summed E-state index contributed by atoms with van der Waals surface area (Å²) in [5, 5.41) is 4.37. The van der Waals surface area contributed by atoms with E-state index in [1.165, 1.54) is 49.8 Å². The van der Waals surface area contributed by atoms with Crippen molar-refractivity contribution in [1.29, 1.82) is 0 Å². The van der Waals surface area contributed by atoms with Gasteiger partial charge >= 0.3 is 0 Å². The molecule has 17 heavy (non-hydrogen) atoms. The van der Waals surface area contributed by atoms with Crippen LogP contribution in [0.3, 0.4) is 0 Å². The number of benzene rings is 1. The molecule has 1 aromatic carbocycles. The molecule has 0 radical (unpaired) electrons. The zero-order chi connectivity index (χ0) is 11.7. The summed E-state index contributed by atoms with van der Waals surface area (Å²) in [7, 11) is 0. The lowest BCUT2D eigenvalue weighted by molar-refractivity contribution is 0.459. The van der Waals surface area contributed by atoms with Gasteiger partial charge in [-0.1, -0.05) is 37.3 Å². The molecule has 1 N–H and O–H groups in total. The topological polar surface area (TPSA) is 12.0 Å². The fourth-order valence-corrected chi connectivity index (χ4v) is 3.55. The molecule has 2 aliphatic rings. The lowest BCUT2D eigenvalue weighted by Crippen LogP contribution is -2.04. The van der Waals surface area contributed by atoms with E-state index < -0.39 is 0 Å². The Morgan fingerprint density at radius 2 is 2.00 bits per heavy atom. The van der Waals surface area contributed by atoms with Crippen LogP contribution in [0.4, 0.5) is 5.69 Å². The van der Waals surface area contributed by atoms with Crippen molar-refractivity contribution >= 4 is 17.3 Å². The van der Waals surface area contributed by atoms with Crippen LogP contribution < -0.4 is 5.32 Å². The third-order valence-corrected chi connectivity index (χ3v) is 4.63. The molecule has 0 amide bonds. The van der Waals surface area contributed by atoms with Gasteiger partial charge in [0.15, 0.2) is 0 Å². The summed E-state index contributed by atoms with van der Waals surface area (Å²) < 4.78 is 0. The van der Waals surface area contributed by atoms with Crippen LogP contribution in [-0.2, 0) is 0 Å². The van der Waals surface area contributed by atoms with Crippen molar-refractivity contribution in [2.24, 2.45) is 5.92 Å². The molecule has 1 heterocycles. The first-order valence-corrected chi connectivity index (χ1v) is 7.24. The molecule has 0 bridgehead atoms. The van der Waals surface area contributed by atoms with Gasteiger partial charge < -0.3 is 5.32 Å². The zero-order valence-corrected chi connectivity index (χ0v) is 11.0. The maximum atomic E-state index is 6.09. The fourth-order valence-electron chi connectivity index (χ4n) is 3.37. The van der Waals surface area contributed by atoms with Crippen molar-refractivity contribution in [1.82, 2.24) is 0 Å². The van der Waals surface area contributed by atoms with Gasteiger partial charge in [0.25, 0.3) is 0 Å². The molecule has 1 saturated carbocycles. The number of nitrogens with one attached hydrogen (secondary N) is 1. The van der Waals surface area contributed by atoms with Crippen LogP contribution in [0.2, 0.25) is 5.02 Å². The number of rotatable bonds is 3. The number of fused-ring (bicyclic) bond motifs is 1. The summed E-state index contributed by atoms with van der Waals surface area (Å²) in [6.07, 6.45) is 8.56. The summed E-state index contributed by atoms with van der Waals surface area (Å²) in [6, 6.07) is 6.25. The molecule has 1 aliphatic carbocycles. The third-order valence-electron chi connectivity index (χ3n) is 4.39. The normalized spacial score (nSPS) is 23.7. The first-order chi connectivity index (χ1) is 8.33. The molecule has 0 aromatic heterocycles. The van der Waals surface area contributed by atoms with E-state index in [9.17, 15) is 0 Å². The smallest absolute Gasteiger partial charge is 0.0410 e. The predicted octanol–water partition coefficient (Wildman–Crippen LogP) is 4.82. The molecule has 3 rings (SSSR count). The Morgan fingerprint density at radius 3 is 2.82 bits per heavy atom. The molecule has 1 aromatic rings. The average molecular weight is 250 g/mol. The Kier molecular flexibility index (Phi) is 3.28. The molecular formula is C15H20ClN. The number of hydrogen-bond donors (Lipinski definition) is 1. The first-order valence-electron chi connectivity index (χ1n) is 6.86. The van der Waals surface area contributed by atoms with Crippen LogP contribution >= 0.6 is 11.6 Å². The van der Waals surface area contributed by atoms with Crippen LogP contribution in [0, 0.1) is 5.92 Å². The molecular weight excluding hydrogens is 230 g/mol. The van der Waals surface area contributed by atoms with Crippen molar-refractivity contribution in [2.75, 3.05) is 11.9 Å². The number of hydrogen-bond acceptors (Lipinski definition) is 1. The van der Waals surface area contributed by atoms with Gasteiger partial charge in [0.2, 0.25) is 0 Å². The van der Waals surface area contributed by atoms with E-state index in [4.69, 9.17) is 11.6 Å². The monoisotopic (exact) mass is 249 g/mol. The summed E-state index contributed by atoms with van der Waals surface area (Å²) >= 11 is 6.09. The highest BCUT2D eigenvalue weighted by Crippen LogP contribution is 2.38. The summed E-state index contributed by atoms with van der Waals surface area (Å²) in [5.41, 5.74) is 2.74. The van der Waals surface area contributed by atoms with Crippen LogP contribution in [0.1, 0.15) is 50.0 Å². The van der Waals surface area contributed by atoms with Crippen LogP contribution in [0.25, 0.3) is 0 Å². The Hall–Kier alpha value is -0.690. The molecule has 1 aliphatic heterocycles. The lowest BCUT2D eigenvalue weighted by atomic mass is 9.91. The van der Waals surface area contributed by atoms with Gasteiger partial charge in [0.05, 0.1) is 0 Å². The van der Waals surface area contributed by atoms with Crippen molar-refractivity contribution < 1.29 is 0 Å². The summed E-state index contributed by atoms with van der Waals surface area (Å²) in [5.74, 6) is 1.68. The van der Waals surface area contributed by atoms with Gasteiger partial charge in [0, 0.05) is 23.2 Å². The van der Waals surface area contributed by atoms with Gasteiger partial charge in [-0.25, -0.2) is 0 Å². The molecule has 2 heteroatoms. The van der Waals surface area contributed by atoms with Crippen molar-refractivity contribution in [3.63, 3.8) is 0 Å². The van der Waals surface area contributed by atoms with E-state index in [0.29, 0.717) is 5.92 Å². The number of halogens is 1. The maximum Gasteiger partial charge on any atom is 0.0410 e. The molecule has 92 valence electrons. The van der Waals surface area contributed by atoms with Crippen LogP contribution in [0.15, 0.2) is 18.2 Å². The van der Waals surface area contributed by atoms with Crippen LogP contribution in [-0.4, -0.2) is 6.54 Å². The average Bonchev–Trinajstić information content (AvgIpc) is 2.94. The molecule has 1 atom stereocenters. The Labute approximate surface area is 109 Å². The van der Waals surface area contributed by atoms with E-state index in [0.717, 1.165) is 17.5 Å². The van der Waals surface area contributed by atoms with Crippen LogP contribution in [0.5, 0.6) is 0 Å². The van der Waals surface area contributed by atoms with Gasteiger partial charge in [-0.2, -0.15) is 0 Å². The first kappa shape index (κ1) is 11.4. The van der Waals surface area contributed by atoms with Crippen molar-refractivity contribution in [2.45, 2.75) is 44.4 Å². The quantitative estimate of drug-likeness (QED) is 0.810. The summed E-state index contributed by atoms with van der Waals surface area (Å²) in [6.45, 7) is 1.10. The zero-order valence-electron chi connectivity index (χ0n) is 10.2. The van der Waals surface area contributed by atoms with Crippen molar-refractivity contribution in [3.05, 3.63) is 28.8 Å². The second kappa shape index (κ2) is 4.89. The van der Waals surface area contributed by atoms with Crippen molar-refractivity contribution in [3.8, 4) is 0 Å². The standard InChI is InChI=1S/C15H20ClN/c16-13-7-8-15-14(9-13)12(10-17-15)6-5-11-3-1-2-4-11/h7-9,11-12,17H,1-6,10H2. The highest BCUT2D eigenvalue weighted by Gasteiger charge is 2.24. The minimum absolute atomic E-state index is 0.685. The van der Waals surface area contributed by atoms with E-state index in [2.05, 4.69) is 17.4 Å². The maximum absolute atomic E-state index is 6.09. The van der Waals surface area contributed by atoms with Gasteiger partial charge in [-0.05, 0) is 42.5 Å². The third kappa shape index (κ3) is 2.44. The Morgan fingerprint density at radius 1 is 1.18 bits per heavy atom. The summed E-state index contributed by atoms with van der Waals surface area (Å²) in [4.78, 5) is 0. The van der Waals surface area contributed by atoms with E-state index in [-0.39, 0.29) is 0 Å². The molecule has 1 fully saturated rings. The molecule has 0 spiro atoms. The Bertz CT molecular complexity index is 396. The second-order valence-electron chi connectivity index (χ2n) is 5.54. The predicted molar refractivity (Wildman–Crippen MR) is 73.9 cm³/mol. The van der Waals surface area contributed by atoms with Gasteiger partial charge in [-0.3, -0.25) is 0 Å². The Balaban J connectivity index is 1.64. The molecule has 1 unspecified atom stereocenters. The highest BCUT2D eigenvalue weighted by atomic mass is 35.5. The van der Waals surface area contributed by atoms with Gasteiger partial charge in [-0.15, -0.1) is 0 Å². The van der Waals surface area contributed by atoms with E-state index >= 15 is 0 Å². The minimum atomic E-state index is 0.685. The van der Waals surface area contributed by atoms with Gasteiger partial charge in [0.1, 0.15) is 0 Å².